The number of hydrogen-bond acceptors (Lipinski definition) is 2. The predicted molar refractivity (Wildman–Crippen MR) is 95.2 cm³/mol. The summed E-state index contributed by atoms with van der Waals surface area (Å²) in [7, 11) is -1.74. The number of ketones is 1. The van der Waals surface area contributed by atoms with Crippen molar-refractivity contribution in [2.45, 2.75) is 63.3 Å². The van der Waals surface area contributed by atoms with Gasteiger partial charge in [-0.25, -0.2) is 0 Å². The molecule has 3 heteroatoms. The van der Waals surface area contributed by atoms with Gasteiger partial charge in [0.05, 0.1) is 13.7 Å². The quantitative estimate of drug-likeness (QED) is 0.792. The van der Waals surface area contributed by atoms with E-state index in [9.17, 15) is 9.90 Å². The molecule has 1 aromatic carbocycles. The van der Waals surface area contributed by atoms with Crippen molar-refractivity contribution in [2.24, 2.45) is 5.92 Å². The monoisotopic (exact) mass is 326 g/mol. The normalized spacial score (nSPS) is 33.3. The lowest BCUT2D eigenvalue weighted by Crippen LogP contribution is -2.48. The number of benzene rings is 1. The van der Waals surface area contributed by atoms with Gasteiger partial charge in [-0.1, -0.05) is 43.9 Å². The number of hydrogen-bond donors (Lipinski definition) is 1. The molecular formula is C20H26O2Si. The van der Waals surface area contributed by atoms with Crippen molar-refractivity contribution in [2.75, 3.05) is 0 Å². The molecule has 1 fully saturated rings. The van der Waals surface area contributed by atoms with Crippen molar-refractivity contribution >= 4 is 13.9 Å². The van der Waals surface area contributed by atoms with Gasteiger partial charge in [0.15, 0.2) is 5.78 Å². The number of aliphatic hydroxyl groups is 1. The Bertz CT molecular complexity index is 713. The van der Waals surface area contributed by atoms with Crippen LogP contribution >= 0.6 is 0 Å². The highest BCUT2D eigenvalue weighted by molar-refractivity contribution is 6.87. The minimum absolute atomic E-state index is 0.177. The van der Waals surface area contributed by atoms with Gasteiger partial charge in [-0.05, 0) is 53.5 Å². The number of carbonyl (C=O) groups excluding carboxylic acids is 1. The fourth-order valence-corrected chi connectivity index (χ4v) is 7.53. The maximum atomic E-state index is 12.7. The highest BCUT2D eigenvalue weighted by atomic mass is 28.3. The van der Waals surface area contributed by atoms with E-state index in [1.165, 1.54) is 11.1 Å². The van der Waals surface area contributed by atoms with E-state index in [4.69, 9.17) is 0 Å². The van der Waals surface area contributed by atoms with Gasteiger partial charge >= 0.3 is 0 Å². The molecule has 2 nitrogen and oxygen atoms in total. The third-order valence-electron chi connectivity index (χ3n) is 6.19. The summed E-state index contributed by atoms with van der Waals surface area (Å²) in [6.45, 7) is 6.75. The summed E-state index contributed by atoms with van der Waals surface area (Å²) in [5, 5.41) is 12.8. The molecule has 1 aromatic rings. The number of aryl methyl sites for hydroxylation is 1. The van der Waals surface area contributed by atoms with Crippen molar-refractivity contribution in [3.05, 3.63) is 46.2 Å². The lowest BCUT2D eigenvalue weighted by Gasteiger charge is -2.49. The van der Waals surface area contributed by atoms with Crippen molar-refractivity contribution in [1.82, 2.24) is 0 Å². The van der Waals surface area contributed by atoms with Crippen LogP contribution in [0.2, 0.25) is 19.6 Å². The molecule has 1 saturated carbocycles. The first-order valence-corrected chi connectivity index (χ1v) is 12.4. The lowest BCUT2D eigenvalue weighted by molar-refractivity contribution is -0.114. The van der Waals surface area contributed by atoms with Gasteiger partial charge in [0.1, 0.15) is 0 Å². The summed E-state index contributed by atoms with van der Waals surface area (Å²) in [5.74, 6) is 0.809. The van der Waals surface area contributed by atoms with E-state index < -0.39 is 13.7 Å². The van der Waals surface area contributed by atoms with Crippen molar-refractivity contribution in [3.8, 4) is 0 Å². The zero-order valence-electron chi connectivity index (χ0n) is 14.4. The van der Waals surface area contributed by atoms with Gasteiger partial charge in [-0.15, -0.1) is 0 Å². The van der Waals surface area contributed by atoms with E-state index in [0.717, 1.165) is 36.5 Å². The zero-order chi connectivity index (χ0) is 16.4. The highest BCUT2D eigenvalue weighted by Gasteiger charge is 2.55. The fourth-order valence-electron chi connectivity index (χ4n) is 5.36. The van der Waals surface area contributed by atoms with E-state index in [2.05, 4.69) is 43.9 Å². The third-order valence-corrected chi connectivity index (χ3v) is 8.24. The van der Waals surface area contributed by atoms with Crippen LogP contribution < -0.4 is 0 Å². The molecule has 4 rings (SSSR count). The van der Waals surface area contributed by atoms with E-state index >= 15 is 0 Å². The number of carbonyl (C=O) groups is 1. The van der Waals surface area contributed by atoms with Crippen LogP contribution in [-0.4, -0.2) is 24.6 Å². The van der Waals surface area contributed by atoms with E-state index in [0.29, 0.717) is 18.1 Å². The summed E-state index contributed by atoms with van der Waals surface area (Å²) < 4.78 is 0. The maximum Gasteiger partial charge on any atom is 0.155 e. The average molecular weight is 327 g/mol. The van der Waals surface area contributed by atoms with Crippen LogP contribution in [0, 0.1) is 5.92 Å². The van der Waals surface area contributed by atoms with Gasteiger partial charge in [-0.2, -0.15) is 0 Å². The summed E-state index contributed by atoms with van der Waals surface area (Å²) in [4.78, 5) is 12.7. The molecule has 3 aliphatic rings. The molecule has 122 valence electrons. The van der Waals surface area contributed by atoms with Crippen LogP contribution in [0.1, 0.15) is 42.7 Å². The molecule has 3 atom stereocenters. The third kappa shape index (κ3) is 2.13. The van der Waals surface area contributed by atoms with Gasteiger partial charge in [0.2, 0.25) is 0 Å². The average Bonchev–Trinajstić information content (AvgIpc) is 2.84. The molecule has 1 N–H and O–H groups in total. The second-order valence-corrected chi connectivity index (χ2v) is 13.6. The van der Waals surface area contributed by atoms with Crippen LogP contribution in [0.25, 0.3) is 0 Å². The smallest absolute Gasteiger partial charge is 0.155 e. The molecule has 3 aliphatic carbocycles. The maximum absolute atomic E-state index is 12.7. The SMILES string of the molecule is C[Si](C)(C)C1=C2[C@H](CC[C@@H]3c4ccccc4CC[C@@]23O)CC1=O. The van der Waals surface area contributed by atoms with Gasteiger partial charge in [0.25, 0.3) is 0 Å². The van der Waals surface area contributed by atoms with Crippen molar-refractivity contribution in [3.63, 3.8) is 0 Å². The van der Waals surface area contributed by atoms with Crippen molar-refractivity contribution < 1.29 is 9.90 Å². The zero-order valence-corrected chi connectivity index (χ0v) is 15.4. The Hall–Kier alpha value is -1.19. The number of Topliss-reactive ketones (excluding diaryl/α,β-unsaturated/α-hetero) is 1. The molecule has 0 saturated heterocycles. The Kier molecular flexibility index (Phi) is 3.27. The van der Waals surface area contributed by atoms with Gasteiger partial charge < -0.3 is 5.11 Å². The van der Waals surface area contributed by atoms with E-state index in [-0.39, 0.29) is 5.92 Å². The van der Waals surface area contributed by atoms with Gasteiger partial charge in [0, 0.05) is 12.3 Å². The van der Waals surface area contributed by atoms with Gasteiger partial charge in [-0.3, -0.25) is 4.79 Å². The highest BCUT2D eigenvalue weighted by Crippen LogP contribution is 2.57. The summed E-state index contributed by atoms with van der Waals surface area (Å²) in [6, 6.07) is 8.58. The molecule has 0 aromatic heterocycles. The second kappa shape index (κ2) is 4.90. The number of rotatable bonds is 1. The molecule has 23 heavy (non-hydrogen) atoms. The molecular weight excluding hydrogens is 300 g/mol. The molecule has 0 amide bonds. The molecule has 0 bridgehead atoms. The van der Waals surface area contributed by atoms with E-state index in [1.807, 2.05) is 0 Å². The first kappa shape index (κ1) is 15.3. The molecule has 0 unspecified atom stereocenters. The second-order valence-electron chi connectivity index (χ2n) is 8.62. The Morgan fingerprint density at radius 1 is 1.17 bits per heavy atom. The minimum Gasteiger partial charge on any atom is -0.385 e. The summed E-state index contributed by atoms with van der Waals surface area (Å²) in [6.07, 6.45) is 4.41. The van der Waals surface area contributed by atoms with Crippen LogP contribution in [0.3, 0.4) is 0 Å². The van der Waals surface area contributed by atoms with Crippen LogP contribution in [0.15, 0.2) is 35.0 Å². The Balaban J connectivity index is 1.90. The van der Waals surface area contributed by atoms with Crippen LogP contribution in [0.4, 0.5) is 0 Å². The lowest BCUT2D eigenvalue weighted by atomic mass is 9.60. The Labute approximate surface area is 139 Å². The van der Waals surface area contributed by atoms with Crippen molar-refractivity contribution in [1.29, 1.82) is 0 Å². The number of allylic oxidation sites excluding steroid dienone is 1. The molecule has 0 aliphatic heterocycles. The predicted octanol–water partition coefficient (Wildman–Crippen LogP) is 4.00. The topological polar surface area (TPSA) is 37.3 Å². The number of fused-ring (bicyclic) bond motifs is 5. The standard InChI is InChI=1S/C20H26O2Si/c1-23(2,3)19-17(21)12-14-8-9-16-15-7-5-4-6-13(15)10-11-20(16,22)18(14)19/h4-7,14,16,22H,8-12H2,1-3H3/t14-,16-,20+/m1/s1. The molecule has 0 spiro atoms. The molecule has 0 heterocycles. The fraction of sp³-hybridized carbons (Fsp3) is 0.550. The first-order valence-electron chi connectivity index (χ1n) is 8.91. The first-order chi connectivity index (χ1) is 10.8. The van der Waals surface area contributed by atoms with Crippen LogP contribution in [-0.2, 0) is 11.2 Å². The largest absolute Gasteiger partial charge is 0.385 e. The Morgan fingerprint density at radius 3 is 2.65 bits per heavy atom. The molecule has 0 radical (unpaired) electrons. The van der Waals surface area contributed by atoms with Crippen LogP contribution in [0.5, 0.6) is 0 Å². The summed E-state index contributed by atoms with van der Waals surface area (Å²) in [5.41, 5.74) is 3.09. The Morgan fingerprint density at radius 2 is 1.91 bits per heavy atom. The minimum atomic E-state index is -1.74. The van der Waals surface area contributed by atoms with E-state index in [1.54, 1.807) is 0 Å². The summed E-state index contributed by atoms with van der Waals surface area (Å²) >= 11 is 0.